The molecule has 0 spiro atoms. The zero-order chi connectivity index (χ0) is 16.3. The van der Waals surface area contributed by atoms with Crippen molar-refractivity contribution < 1.29 is 18.0 Å². The van der Waals surface area contributed by atoms with Crippen molar-refractivity contribution in [2.45, 2.75) is 30.4 Å². The first-order valence-corrected chi connectivity index (χ1v) is 7.33. The molecule has 0 saturated heterocycles. The summed E-state index contributed by atoms with van der Waals surface area (Å²) in [6.45, 7) is 3.53. The van der Waals surface area contributed by atoms with Gasteiger partial charge in [-0.3, -0.25) is 4.79 Å². The van der Waals surface area contributed by atoms with Crippen LogP contribution < -0.4 is 0 Å². The van der Waals surface area contributed by atoms with Gasteiger partial charge in [0.1, 0.15) is 5.69 Å². The molecule has 0 radical (unpaired) electrons. The summed E-state index contributed by atoms with van der Waals surface area (Å²) in [6, 6.07) is 7.82. The monoisotopic (exact) mass is 326 g/mol. The molecular weight excluding hydrogens is 313 g/mol. The van der Waals surface area contributed by atoms with Gasteiger partial charge in [-0.05, 0) is 19.9 Å². The molecule has 2 aromatic rings. The second kappa shape index (κ2) is 6.48. The molecule has 0 aliphatic carbocycles. The molecule has 1 aromatic carbocycles. The number of hydrogen-bond acceptors (Lipinski definition) is 4. The van der Waals surface area contributed by atoms with Gasteiger partial charge in [0.15, 0.2) is 10.9 Å². The molecule has 0 aliphatic rings. The number of carbonyl (C=O) groups excluding carboxylic acids is 1. The van der Waals surface area contributed by atoms with Crippen LogP contribution in [0.2, 0.25) is 0 Å². The zero-order valence-corrected chi connectivity index (χ0v) is 12.7. The van der Waals surface area contributed by atoms with Gasteiger partial charge in [-0.1, -0.05) is 41.6 Å². The maximum atomic E-state index is 12.6. The molecule has 1 heterocycles. The number of ketones is 1. The van der Waals surface area contributed by atoms with Crippen LogP contribution in [0.4, 0.5) is 13.2 Å². The fraction of sp³-hybridized carbons (Fsp3) is 0.267. The summed E-state index contributed by atoms with van der Waals surface area (Å²) in [5.74, 6) is -0.175. The Morgan fingerprint density at radius 2 is 1.82 bits per heavy atom. The van der Waals surface area contributed by atoms with Crippen LogP contribution in [0.1, 0.15) is 28.5 Å². The van der Waals surface area contributed by atoms with E-state index < -0.39 is 17.1 Å². The summed E-state index contributed by atoms with van der Waals surface area (Å²) in [5, 5.41) is -0.644. The van der Waals surface area contributed by atoms with Gasteiger partial charge in [-0.2, -0.15) is 13.2 Å². The summed E-state index contributed by atoms with van der Waals surface area (Å²) in [4.78, 5) is 19.5. The predicted molar refractivity (Wildman–Crippen MR) is 77.9 cm³/mol. The van der Waals surface area contributed by atoms with Crippen molar-refractivity contribution in [2.75, 3.05) is 0 Å². The second-order valence-electron chi connectivity index (χ2n) is 4.71. The van der Waals surface area contributed by atoms with Crippen molar-refractivity contribution in [1.29, 1.82) is 0 Å². The van der Waals surface area contributed by atoms with Gasteiger partial charge < -0.3 is 0 Å². The van der Waals surface area contributed by atoms with Crippen LogP contribution >= 0.6 is 11.8 Å². The molecular formula is C15H13F3N2OS. The molecule has 0 aliphatic heterocycles. The summed E-state index contributed by atoms with van der Waals surface area (Å²) in [7, 11) is 0. The standard InChI is InChI=1S/C15H13F3N2OS/c1-9-3-5-11(6-4-9)13(21)10(2)22-14-19-8-7-12(20-14)15(16,17)18/h3-8,10H,1-2H3. The van der Waals surface area contributed by atoms with E-state index in [9.17, 15) is 18.0 Å². The first-order chi connectivity index (χ1) is 10.3. The maximum Gasteiger partial charge on any atom is 0.433 e. The van der Waals surface area contributed by atoms with Crippen molar-refractivity contribution in [1.82, 2.24) is 9.97 Å². The van der Waals surface area contributed by atoms with Crippen molar-refractivity contribution in [3.63, 3.8) is 0 Å². The SMILES string of the molecule is Cc1ccc(C(=O)C(C)Sc2nccc(C(F)(F)F)n2)cc1. The minimum atomic E-state index is -4.53. The number of hydrogen-bond donors (Lipinski definition) is 0. The van der Waals surface area contributed by atoms with Crippen molar-refractivity contribution in [3.05, 3.63) is 53.3 Å². The number of aromatic nitrogens is 2. The van der Waals surface area contributed by atoms with E-state index in [1.807, 2.05) is 19.1 Å². The van der Waals surface area contributed by atoms with Gasteiger partial charge >= 0.3 is 6.18 Å². The van der Waals surface area contributed by atoms with Crippen LogP contribution in [-0.4, -0.2) is 21.0 Å². The summed E-state index contributed by atoms with van der Waals surface area (Å²) < 4.78 is 37.8. The lowest BCUT2D eigenvalue weighted by Crippen LogP contribution is -2.15. The van der Waals surface area contributed by atoms with Gasteiger partial charge in [-0.25, -0.2) is 9.97 Å². The van der Waals surface area contributed by atoms with Crippen molar-refractivity contribution >= 4 is 17.5 Å². The molecule has 116 valence electrons. The fourth-order valence-electron chi connectivity index (χ4n) is 1.72. The second-order valence-corrected chi connectivity index (χ2v) is 6.02. The third-order valence-corrected chi connectivity index (χ3v) is 3.89. The average molecular weight is 326 g/mol. The molecule has 1 atom stereocenters. The highest BCUT2D eigenvalue weighted by Crippen LogP contribution is 2.29. The highest BCUT2D eigenvalue weighted by molar-refractivity contribution is 8.00. The number of thioether (sulfide) groups is 1. The van der Waals surface area contributed by atoms with E-state index in [0.29, 0.717) is 5.56 Å². The molecule has 7 heteroatoms. The van der Waals surface area contributed by atoms with E-state index in [1.165, 1.54) is 0 Å². The van der Waals surface area contributed by atoms with Crippen LogP contribution in [0.25, 0.3) is 0 Å². The van der Waals surface area contributed by atoms with Gasteiger partial charge in [0.05, 0.1) is 5.25 Å². The molecule has 0 amide bonds. The van der Waals surface area contributed by atoms with Gasteiger partial charge in [-0.15, -0.1) is 0 Å². The topological polar surface area (TPSA) is 42.9 Å². The number of benzene rings is 1. The molecule has 22 heavy (non-hydrogen) atoms. The zero-order valence-electron chi connectivity index (χ0n) is 11.9. The lowest BCUT2D eigenvalue weighted by Gasteiger charge is -2.11. The van der Waals surface area contributed by atoms with E-state index in [-0.39, 0.29) is 10.9 Å². The Labute approximate surface area is 130 Å². The molecule has 0 saturated carbocycles. The molecule has 3 nitrogen and oxygen atoms in total. The quantitative estimate of drug-likeness (QED) is 0.480. The lowest BCUT2D eigenvalue weighted by molar-refractivity contribution is -0.141. The third-order valence-electron chi connectivity index (χ3n) is 2.91. The predicted octanol–water partition coefficient (Wildman–Crippen LogP) is 4.17. The number of rotatable bonds is 4. The Hall–Kier alpha value is -1.89. The minimum Gasteiger partial charge on any atom is -0.293 e. The fourth-order valence-corrected chi connectivity index (χ4v) is 2.55. The van der Waals surface area contributed by atoms with Crippen LogP contribution in [0.15, 0.2) is 41.7 Å². The molecule has 1 unspecified atom stereocenters. The highest BCUT2D eigenvalue weighted by atomic mass is 32.2. The largest absolute Gasteiger partial charge is 0.433 e. The Bertz CT molecular complexity index is 671. The molecule has 0 bridgehead atoms. The Kier molecular flexibility index (Phi) is 4.85. The van der Waals surface area contributed by atoms with E-state index in [1.54, 1.807) is 19.1 Å². The number of nitrogens with zero attached hydrogens (tertiary/aromatic N) is 2. The number of halogens is 3. The summed E-state index contributed by atoms with van der Waals surface area (Å²) in [5.41, 5.74) is 0.524. The average Bonchev–Trinajstić information content (AvgIpc) is 2.46. The van der Waals surface area contributed by atoms with Gasteiger partial charge in [0.25, 0.3) is 0 Å². The maximum absolute atomic E-state index is 12.6. The van der Waals surface area contributed by atoms with Crippen LogP contribution in [-0.2, 0) is 6.18 Å². The molecule has 2 rings (SSSR count). The summed E-state index contributed by atoms with van der Waals surface area (Å²) in [6.07, 6.45) is -3.48. The Morgan fingerprint density at radius 1 is 1.18 bits per heavy atom. The number of carbonyl (C=O) groups is 1. The molecule has 0 fully saturated rings. The van der Waals surface area contributed by atoms with Crippen molar-refractivity contribution in [2.24, 2.45) is 0 Å². The van der Waals surface area contributed by atoms with Crippen LogP contribution in [0.5, 0.6) is 0 Å². The first-order valence-electron chi connectivity index (χ1n) is 6.45. The summed E-state index contributed by atoms with van der Waals surface area (Å²) >= 11 is 0.909. The lowest BCUT2D eigenvalue weighted by atomic mass is 10.1. The number of alkyl halides is 3. The Balaban J connectivity index is 2.13. The third kappa shape index (κ3) is 4.07. The van der Waals surface area contributed by atoms with Crippen molar-refractivity contribution in [3.8, 4) is 0 Å². The first kappa shape index (κ1) is 16.5. The smallest absolute Gasteiger partial charge is 0.293 e. The van der Waals surface area contributed by atoms with Crippen LogP contribution in [0.3, 0.4) is 0 Å². The Morgan fingerprint density at radius 3 is 2.41 bits per heavy atom. The minimum absolute atomic E-state index is 0.0669. The van der Waals surface area contributed by atoms with E-state index in [2.05, 4.69) is 9.97 Å². The van der Waals surface area contributed by atoms with Gasteiger partial charge in [0, 0.05) is 11.8 Å². The number of Topliss-reactive ketones (excluding diaryl/α,β-unsaturated/α-hetero) is 1. The van der Waals surface area contributed by atoms with E-state index in [0.717, 1.165) is 29.6 Å². The van der Waals surface area contributed by atoms with E-state index in [4.69, 9.17) is 0 Å². The molecule has 1 aromatic heterocycles. The normalized spacial score (nSPS) is 13.0. The highest BCUT2D eigenvalue weighted by Gasteiger charge is 2.33. The van der Waals surface area contributed by atoms with Gasteiger partial charge in [0.2, 0.25) is 0 Å². The number of aryl methyl sites for hydroxylation is 1. The van der Waals surface area contributed by atoms with E-state index >= 15 is 0 Å². The van der Waals surface area contributed by atoms with Crippen LogP contribution in [0, 0.1) is 6.92 Å². The molecule has 0 N–H and O–H groups in total.